The number of anilines is 1. The van der Waals surface area contributed by atoms with E-state index in [4.69, 9.17) is 0 Å². The van der Waals surface area contributed by atoms with Crippen LogP contribution in [0.1, 0.15) is 56.7 Å². The number of sulfonamides is 1. The summed E-state index contributed by atoms with van der Waals surface area (Å²) in [7, 11) is -3.74. The lowest BCUT2D eigenvalue weighted by atomic mass is 10.0. The molecule has 0 aliphatic rings. The van der Waals surface area contributed by atoms with Crippen molar-refractivity contribution < 1.29 is 18.0 Å². The summed E-state index contributed by atoms with van der Waals surface area (Å²) in [5.41, 5.74) is 3.41. The Kier molecular flexibility index (Phi) is 9.67. The van der Waals surface area contributed by atoms with Crippen molar-refractivity contribution in [1.82, 2.24) is 10.2 Å². The highest BCUT2D eigenvalue weighted by Gasteiger charge is 2.31. The fourth-order valence-corrected chi connectivity index (χ4v) is 4.71. The Bertz CT molecular complexity index is 1080. The first-order chi connectivity index (χ1) is 16.0. The minimum absolute atomic E-state index is 0.208. The standard InChI is InChI=1S/C26H37N3O4S/c1-7-24(26(31)27-8-2)28(17-21-11-9-10-20(5)16-21)25(30)18-29(34(6,32)33)23-14-12-22(13-15-23)19(3)4/h9-16,19,24H,7-8,17-18H2,1-6H3,(H,27,31). The zero-order valence-corrected chi connectivity index (χ0v) is 21.9. The lowest BCUT2D eigenvalue weighted by Crippen LogP contribution is -2.52. The molecule has 0 aromatic heterocycles. The number of carbonyl (C=O) groups is 2. The van der Waals surface area contributed by atoms with Crippen molar-refractivity contribution in [3.05, 3.63) is 65.2 Å². The summed E-state index contributed by atoms with van der Waals surface area (Å²) in [5.74, 6) is -0.384. The maximum atomic E-state index is 13.6. The van der Waals surface area contributed by atoms with E-state index in [1.807, 2.05) is 57.2 Å². The van der Waals surface area contributed by atoms with E-state index in [2.05, 4.69) is 19.2 Å². The number of nitrogens with zero attached hydrogens (tertiary/aromatic N) is 2. The first-order valence-corrected chi connectivity index (χ1v) is 13.5. The molecule has 8 heteroatoms. The molecule has 2 aromatic carbocycles. The molecule has 2 amide bonds. The van der Waals surface area contributed by atoms with Crippen molar-refractivity contribution in [1.29, 1.82) is 0 Å². The monoisotopic (exact) mass is 487 g/mol. The maximum Gasteiger partial charge on any atom is 0.244 e. The molecule has 186 valence electrons. The molecule has 0 heterocycles. The number of amides is 2. The summed E-state index contributed by atoms with van der Waals surface area (Å²) >= 11 is 0. The van der Waals surface area contributed by atoms with Crippen molar-refractivity contribution in [2.45, 2.75) is 59.5 Å². The smallest absolute Gasteiger partial charge is 0.244 e. The van der Waals surface area contributed by atoms with Crippen LogP contribution in [0.3, 0.4) is 0 Å². The van der Waals surface area contributed by atoms with Gasteiger partial charge in [0.1, 0.15) is 12.6 Å². The molecule has 0 fully saturated rings. The third-order valence-corrected chi connectivity index (χ3v) is 6.84. The van der Waals surface area contributed by atoms with Crippen LogP contribution in [-0.4, -0.2) is 50.5 Å². The zero-order valence-electron chi connectivity index (χ0n) is 21.0. The van der Waals surface area contributed by atoms with Gasteiger partial charge in [-0.05, 0) is 49.4 Å². The van der Waals surface area contributed by atoms with Crippen molar-refractivity contribution >= 4 is 27.5 Å². The summed E-state index contributed by atoms with van der Waals surface area (Å²) < 4.78 is 26.4. The molecular formula is C26H37N3O4S. The Labute approximate surface area is 204 Å². The van der Waals surface area contributed by atoms with Crippen molar-refractivity contribution in [3.63, 3.8) is 0 Å². The highest BCUT2D eigenvalue weighted by atomic mass is 32.2. The van der Waals surface area contributed by atoms with E-state index >= 15 is 0 Å². The molecule has 0 saturated carbocycles. The van der Waals surface area contributed by atoms with Crippen LogP contribution in [0.4, 0.5) is 5.69 Å². The van der Waals surface area contributed by atoms with Crippen LogP contribution in [-0.2, 0) is 26.2 Å². The van der Waals surface area contributed by atoms with Gasteiger partial charge in [-0.2, -0.15) is 0 Å². The van der Waals surface area contributed by atoms with Gasteiger partial charge in [-0.1, -0.05) is 62.7 Å². The fourth-order valence-electron chi connectivity index (χ4n) is 3.86. The van der Waals surface area contributed by atoms with E-state index in [1.165, 1.54) is 4.90 Å². The molecule has 0 radical (unpaired) electrons. The van der Waals surface area contributed by atoms with Gasteiger partial charge in [0.15, 0.2) is 0 Å². The average Bonchev–Trinajstić information content (AvgIpc) is 2.76. The third kappa shape index (κ3) is 7.32. The van der Waals surface area contributed by atoms with Crippen molar-refractivity contribution in [2.24, 2.45) is 0 Å². The van der Waals surface area contributed by atoms with Gasteiger partial charge in [0.05, 0.1) is 11.9 Å². The Morgan fingerprint density at radius 1 is 1.03 bits per heavy atom. The molecule has 1 atom stereocenters. The van der Waals surface area contributed by atoms with Crippen molar-refractivity contribution in [2.75, 3.05) is 23.7 Å². The number of likely N-dealkylation sites (N-methyl/N-ethyl adjacent to an activating group) is 1. The maximum absolute atomic E-state index is 13.6. The van der Waals surface area contributed by atoms with E-state index < -0.39 is 22.0 Å². The van der Waals surface area contributed by atoms with Crippen molar-refractivity contribution in [3.8, 4) is 0 Å². The number of carbonyl (C=O) groups excluding carboxylic acids is 2. The topological polar surface area (TPSA) is 86.8 Å². The lowest BCUT2D eigenvalue weighted by Gasteiger charge is -2.33. The van der Waals surface area contributed by atoms with Crippen LogP contribution in [0, 0.1) is 6.92 Å². The average molecular weight is 488 g/mol. The number of nitrogens with one attached hydrogen (secondary N) is 1. The molecule has 0 saturated heterocycles. The minimum atomic E-state index is -3.74. The van der Waals surface area contributed by atoms with Gasteiger partial charge in [0.2, 0.25) is 21.8 Å². The summed E-state index contributed by atoms with van der Waals surface area (Å²) in [6.45, 7) is 10.0. The lowest BCUT2D eigenvalue weighted by molar-refractivity contribution is -0.140. The van der Waals surface area contributed by atoms with Crippen LogP contribution >= 0.6 is 0 Å². The highest BCUT2D eigenvalue weighted by Crippen LogP contribution is 2.23. The second-order valence-corrected chi connectivity index (χ2v) is 10.8. The molecule has 2 aromatic rings. The zero-order chi connectivity index (χ0) is 25.5. The Balaban J connectivity index is 2.42. The van der Waals surface area contributed by atoms with E-state index in [1.54, 1.807) is 12.1 Å². The molecule has 0 spiro atoms. The minimum Gasteiger partial charge on any atom is -0.355 e. The van der Waals surface area contributed by atoms with E-state index in [9.17, 15) is 18.0 Å². The predicted octanol–water partition coefficient (Wildman–Crippen LogP) is 3.83. The van der Waals surface area contributed by atoms with Gasteiger partial charge >= 0.3 is 0 Å². The summed E-state index contributed by atoms with van der Waals surface area (Å²) in [6.07, 6.45) is 1.49. The molecular weight excluding hydrogens is 450 g/mol. The van der Waals surface area contributed by atoms with Gasteiger partial charge in [0.25, 0.3) is 0 Å². The normalized spacial score (nSPS) is 12.3. The molecule has 1 N–H and O–H groups in total. The number of aryl methyl sites for hydroxylation is 1. The first-order valence-electron chi connectivity index (χ1n) is 11.7. The fraction of sp³-hybridized carbons (Fsp3) is 0.462. The predicted molar refractivity (Wildman–Crippen MR) is 137 cm³/mol. The van der Waals surface area contributed by atoms with Gasteiger partial charge in [-0.15, -0.1) is 0 Å². The van der Waals surface area contributed by atoms with Crippen LogP contribution in [0.2, 0.25) is 0 Å². The van der Waals surface area contributed by atoms with E-state index in [0.29, 0.717) is 24.6 Å². The molecule has 34 heavy (non-hydrogen) atoms. The Hall–Kier alpha value is -2.87. The first kappa shape index (κ1) is 27.4. The molecule has 7 nitrogen and oxygen atoms in total. The number of rotatable bonds is 11. The summed E-state index contributed by atoms with van der Waals surface area (Å²) in [5, 5.41) is 2.80. The molecule has 2 rings (SSSR count). The van der Waals surface area contributed by atoms with Gasteiger partial charge in [0, 0.05) is 13.1 Å². The number of hydrogen-bond donors (Lipinski definition) is 1. The number of benzene rings is 2. The Morgan fingerprint density at radius 3 is 2.18 bits per heavy atom. The Morgan fingerprint density at radius 2 is 1.68 bits per heavy atom. The van der Waals surface area contributed by atoms with Gasteiger partial charge in [-0.25, -0.2) is 8.42 Å². The third-order valence-electron chi connectivity index (χ3n) is 5.70. The molecule has 1 unspecified atom stereocenters. The summed E-state index contributed by atoms with van der Waals surface area (Å²) in [4.78, 5) is 27.9. The molecule has 0 aliphatic heterocycles. The second-order valence-electron chi connectivity index (χ2n) is 8.85. The van der Waals surface area contributed by atoms with Gasteiger partial charge < -0.3 is 10.2 Å². The van der Waals surface area contributed by atoms with Crippen LogP contribution < -0.4 is 9.62 Å². The van der Waals surface area contributed by atoms with Crippen LogP contribution in [0.15, 0.2) is 48.5 Å². The quantitative estimate of drug-likeness (QED) is 0.522. The second kappa shape index (κ2) is 12.0. The number of hydrogen-bond acceptors (Lipinski definition) is 4. The van der Waals surface area contributed by atoms with Gasteiger partial charge in [-0.3, -0.25) is 13.9 Å². The highest BCUT2D eigenvalue weighted by molar-refractivity contribution is 7.92. The van der Waals surface area contributed by atoms with Crippen LogP contribution in [0.25, 0.3) is 0 Å². The molecule has 0 aliphatic carbocycles. The largest absolute Gasteiger partial charge is 0.355 e. The van der Waals surface area contributed by atoms with E-state index in [0.717, 1.165) is 27.3 Å². The van der Waals surface area contributed by atoms with Crippen LogP contribution in [0.5, 0.6) is 0 Å². The SMILES string of the molecule is CCNC(=O)C(CC)N(Cc1cccc(C)c1)C(=O)CN(c1ccc(C(C)C)cc1)S(C)(=O)=O. The molecule has 0 bridgehead atoms. The summed E-state index contributed by atoms with van der Waals surface area (Å²) in [6, 6.07) is 14.2. The van der Waals surface area contributed by atoms with E-state index in [-0.39, 0.29) is 19.0 Å².